The minimum Gasteiger partial charge on any atom is -0.489 e. The number of amides is 2. The Kier molecular flexibility index (Phi) is 6.94. The Bertz CT molecular complexity index is 1350. The number of fused-ring (bicyclic) bond motifs is 1. The quantitative estimate of drug-likeness (QED) is 0.397. The van der Waals surface area contributed by atoms with Crippen LogP contribution in [0.1, 0.15) is 41.4 Å². The highest BCUT2D eigenvalue weighted by atomic mass is 19.1. The van der Waals surface area contributed by atoms with Gasteiger partial charge in [-0.25, -0.2) is 4.39 Å². The third kappa shape index (κ3) is 4.69. The monoisotopic (exact) mass is 503 g/mol. The lowest BCUT2D eigenvalue weighted by molar-refractivity contribution is -0.127. The van der Waals surface area contributed by atoms with Crippen LogP contribution in [0.5, 0.6) is 5.75 Å². The molecule has 8 nitrogen and oxygen atoms in total. The zero-order chi connectivity index (χ0) is 25.9. The van der Waals surface area contributed by atoms with E-state index in [2.05, 4.69) is 27.2 Å². The highest BCUT2D eigenvalue weighted by Crippen LogP contribution is 2.41. The summed E-state index contributed by atoms with van der Waals surface area (Å²) in [5.74, 6) is -0.0703. The molecule has 1 saturated heterocycles. The maximum absolute atomic E-state index is 14.6. The van der Waals surface area contributed by atoms with Crippen LogP contribution >= 0.6 is 0 Å². The number of aromatic nitrogens is 2. The number of rotatable bonds is 8. The van der Waals surface area contributed by atoms with E-state index in [1.807, 2.05) is 13.0 Å². The number of hydrogen-bond acceptors (Lipinski definition) is 5. The molecule has 2 aromatic heterocycles. The van der Waals surface area contributed by atoms with Crippen LogP contribution in [-0.4, -0.2) is 52.4 Å². The van der Waals surface area contributed by atoms with Crippen LogP contribution in [0.15, 0.2) is 49.3 Å². The number of benzene rings is 1. The minimum atomic E-state index is -0.300. The van der Waals surface area contributed by atoms with Gasteiger partial charge in [0.15, 0.2) is 0 Å². The van der Waals surface area contributed by atoms with Crippen molar-refractivity contribution in [1.29, 1.82) is 0 Å². The highest BCUT2D eigenvalue weighted by molar-refractivity contribution is 6.06. The number of ether oxygens (including phenoxy) is 1. The van der Waals surface area contributed by atoms with Crippen LogP contribution in [0.3, 0.4) is 0 Å². The van der Waals surface area contributed by atoms with Crippen LogP contribution in [-0.2, 0) is 17.6 Å². The molecule has 3 N–H and O–H groups in total. The molecule has 0 radical (unpaired) electrons. The molecule has 1 aromatic carbocycles. The van der Waals surface area contributed by atoms with Crippen molar-refractivity contribution in [2.24, 2.45) is 0 Å². The molecule has 2 aliphatic rings. The van der Waals surface area contributed by atoms with Gasteiger partial charge in [0.25, 0.3) is 5.91 Å². The molecule has 192 valence electrons. The number of pyridine rings is 1. The second-order valence-corrected chi connectivity index (χ2v) is 9.19. The number of nitrogens with one attached hydrogen (secondary N) is 3. The summed E-state index contributed by atoms with van der Waals surface area (Å²) in [5.41, 5.74) is 4.40. The van der Waals surface area contributed by atoms with Gasteiger partial charge in [0.1, 0.15) is 18.2 Å². The highest BCUT2D eigenvalue weighted by Gasteiger charge is 2.30. The summed E-state index contributed by atoms with van der Waals surface area (Å²) in [6.07, 6.45) is 7.51. The van der Waals surface area contributed by atoms with Crippen molar-refractivity contribution in [2.75, 3.05) is 25.0 Å². The Morgan fingerprint density at radius 2 is 2.24 bits per heavy atom. The fourth-order valence-electron chi connectivity index (χ4n) is 5.18. The third-order valence-corrected chi connectivity index (χ3v) is 7.02. The van der Waals surface area contributed by atoms with E-state index in [9.17, 15) is 14.0 Å². The summed E-state index contributed by atoms with van der Waals surface area (Å²) in [7, 11) is 0. The van der Waals surface area contributed by atoms with Crippen LogP contribution < -0.4 is 15.4 Å². The Hall–Kier alpha value is -4.14. The van der Waals surface area contributed by atoms with E-state index in [0.29, 0.717) is 72.0 Å². The van der Waals surface area contributed by atoms with Crippen LogP contribution in [0, 0.1) is 5.82 Å². The van der Waals surface area contributed by atoms with Gasteiger partial charge >= 0.3 is 0 Å². The number of carbonyl (C=O) groups is 2. The molecule has 1 atom stereocenters. The number of hydrogen-bond donors (Lipinski definition) is 3. The zero-order valence-corrected chi connectivity index (χ0v) is 20.8. The van der Waals surface area contributed by atoms with Gasteiger partial charge < -0.3 is 25.3 Å². The van der Waals surface area contributed by atoms with Crippen molar-refractivity contribution >= 4 is 23.2 Å². The number of H-pyrrole nitrogens is 1. The van der Waals surface area contributed by atoms with Crippen molar-refractivity contribution in [3.63, 3.8) is 0 Å². The second-order valence-electron chi connectivity index (χ2n) is 9.19. The lowest BCUT2D eigenvalue weighted by Gasteiger charge is -2.24. The number of aromatic amines is 1. The average Bonchev–Trinajstić information content (AvgIpc) is 3.53. The summed E-state index contributed by atoms with van der Waals surface area (Å²) in [6, 6.07) is 6.65. The topological polar surface area (TPSA) is 99.3 Å². The van der Waals surface area contributed by atoms with E-state index in [0.717, 1.165) is 18.5 Å². The Morgan fingerprint density at radius 1 is 1.38 bits per heavy atom. The average molecular weight is 504 g/mol. The number of anilines is 2. The first-order valence-corrected chi connectivity index (χ1v) is 12.6. The number of halogens is 1. The number of carbonyl (C=O) groups excluding carboxylic acids is 2. The van der Waals surface area contributed by atoms with Gasteiger partial charge in [-0.1, -0.05) is 19.6 Å². The fraction of sp³-hybridized carbons (Fsp3) is 0.321. The van der Waals surface area contributed by atoms with Gasteiger partial charge in [-0.3, -0.25) is 14.6 Å². The van der Waals surface area contributed by atoms with E-state index in [4.69, 9.17) is 4.74 Å². The van der Waals surface area contributed by atoms with Gasteiger partial charge in [-0.05, 0) is 43.5 Å². The molecule has 1 fully saturated rings. The van der Waals surface area contributed by atoms with Gasteiger partial charge in [-0.15, -0.1) is 0 Å². The first-order valence-electron chi connectivity index (χ1n) is 12.6. The van der Waals surface area contributed by atoms with E-state index >= 15 is 0 Å². The molecular formula is C28H30FN5O3. The lowest BCUT2D eigenvalue weighted by Crippen LogP contribution is -2.38. The molecule has 5 rings (SSSR count). The van der Waals surface area contributed by atoms with Gasteiger partial charge in [0.2, 0.25) is 5.91 Å². The van der Waals surface area contributed by atoms with Crippen molar-refractivity contribution in [3.8, 4) is 17.0 Å². The summed E-state index contributed by atoms with van der Waals surface area (Å²) >= 11 is 0. The van der Waals surface area contributed by atoms with Crippen LogP contribution in [0.4, 0.5) is 15.8 Å². The van der Waals surface area contributed by atoms with Gasteiger partial charge in [-0.2, -0.15) is 0 Å². The van der Waals surface area contributed by atoms with E-state index < -0.39 is 0 Å². The molecule has 3 aromatic rings. The van der Waals surface area contributed by atoms with Crippen molar-refractivity contribution in [2.45, 2.75) is 38.6 Å². The summed E-state index contributed by atoms with van der Waals surface area (Å²) in [6.45, 7) is 7.01. The first kappa shape index (κ1) is 24.5. The van der Waals surface area contributed by atoms with E-state index in [-0.39, 0.29) is 23.7 Å². The molecule has 2 aliphatic heterocycles. The number of nitrogens with zero attached hydrogens (tertiary/aromatic N) is 2. The summed E-state index contributed by atoms with van der Waals surface area (Å²) in [4.78, 5) is 34.6. The van der Waals surface area contributed by atoms with Crippen molar-refractivity contribution in [3.05, 3.63) is 72.0 Å². The van der Waals surface area contributed by atoms with Gasteiger partial charge in [0, 0.05) is 48.2 Å². The molecule has 0 spiro atoms. The SMILES string of the molecule is C=CC(=O)N1CCC[C@H]1COc1cnccc1-c1[nH]c2c(c1Nc1cccc(F)c1CC)C(=O)NCC2. The smallest absolute Gasteiger partial charge is 0.255 e. The molecule has 0 aliphatic carbocycles. The standard InChI is InChI=1S/C28H30FN5O3/c1-3-18-20(29)8-5-9-21(18)32-27-25-22(11-13-31-28(25)36)33-26(27)19-10-12-30-15-23(19)37-16-17-7-6-14-34(17)24(35)4-2/h4-5,8-10,12,15,17,32-33H,2-3,6-7,11,13-14,16H2,1H3,(H,31,36)/t17-/m0/s1. The molecule has 0 unspecified atom stereocenters. The van der Waals surface area contributed by atoms with Crippen LogP contribution in [0.25, 0.3) is 11.3 Å². The Morgan fingerprint density at radius 3 is 3.05 bits per heavy atom. The second kappa shape index (κ2) is 10.5. The summed E-state index contributed by atoms with van der Waals surface area (Å²) in [5, 5.41) is 6.26. The predicted octanol–water partition coefficient (Wildman–Crippen LogP) is 4.36. The number of likely N-dealkylation sites (tertiary alicyclic amines) is 1. The molecule has 4 heterocycles. The Labute approximate surface area is 214 Å². The lowest BCUT2D eigenvalue weighted by atomic mass is 10.0. The Balaban J connectivity index is 1.53. The van der Waals surface area contributed by atoms with Crippen molar-refractivity contribution < 1.29 is 18.7 Å². The minimum absolute atomic E-state index is 0.0572. The maximum Gasteiger partial charge on any atom is 0.255 e. The molecular weight excluding hydrogens is 473 g/mol. The van der Waals surface area contributed by atoms with Crippen LogP contribution in [0.2, 0.25) is 0 Å². The van der Waals surface area contributed by atoms with Crippen molar-refractivity contribution in [1.82, 2.24) is 20.2 Å². The molecule has 9 heteroatoms. The first-order chi connectivity index (χ1) is 18.0. The molecule has 2 amide bonds. The maximum atomic E-state index is 14.6. The zero-order valence-electron chi connectivity index (χ0n) is 20.8. The largest absolute Gasteiger partial charge is 0.489 e. The fourth-order valence-corrected chi connectivity index (χ4v) is 5.18. The molecule has 37 heavy (non-hydrogen) atoms. The normalized spacial score (nSPS) is 16.8. The summed E-state index contributed by atoms with van der Waals surface area (Å²) < 4.78 is 20.8. The van der Waals surface area contributed by atoms with E-state index in [1.165, 1.54) is 12.1 Å². The predicted molar refractivity (Wildman–Crippen MR) is 140 cm³/mol. The molecule has 0 bridgehead atoms. The molecule has 0 saturated carbocycles. The van der Waals surface area contributed by atoms with E-state index in [1.54, 1.807) is 29.4 Å². The third-order valence-electron chi connectivity index (χ3n) is 7.02. The van der Waals surface area contributed by atoms with Gasteiger partial charge in [0.05, 0.1) is 29.2 Å².